The third-order valence-corrected chi connectivity index (χ3v) is 3.33. The first kappa shape index (κ1) is 16.9. The number of hydrogen-bond donors (Lipinski definition) is 1. The fraction of sp³-hybridized carbons (Fsp3) is 0.250. The van der Waals surface area contributed by atoms with E-state index in [0.29, 0.717) is 0 Å². The van der Waals surface area contributed by atoms with Crippen LogP contribution in [0.4, 0.5) is 5.82 Å². The number of anilines is 1. The minimum absolute atomic E-state index is 0.797. The van der Waals surface area contributed by atoms with E-state index >= 15 is 0 Å². The van der Waals surface area contributed by atoms with Gasteiger partial charge in [0.05, 0.1) is 16.8 Å². The van der Waals surface area contributed by atoms with Gasteiger partial charge in [-0.2, -0.15) is 0 Å². The molecular weight excluding hydrogens is 280 g/mol. The molecular formula is C16H22N4S. The summed E-state index contributed by atoms with van der Waals surface area (Å²) in [5.41, 5.74) is 1.96. The second-order valence-corrected chi connectivity index (χ2v) is 4.70. The molecule has 0 aliphatic rings. The van der Waals surface area contributed by atoms with Gasteiger partial charge in [0.1, 0.15) is 0 Å². The van der Waals surface area contributed by atoms with Gasteiger partial charge in [-0.25, -0.2) is 9.97 Å². The Morgan fingerprint density at radius 3 is 2.62 bits per heavy atom. The Morgan fingerprint density at radius 2 is 2.05 bits per heavy atom. The van der Waals surface area contributed by atoms with Crippen LogP contribution in [0, 0.1) is 0 Å². The molecule has 3 aromatic heterocycles. The van der Waals surface area contributed by atoms with E-state index in [-0.39, 0.29) is 0 Å². The fourth-order valence-corrected chi connectivity index (χ4v) is 2.43. The number of nitrogens with zero attached hydrogens (tertiary/aromatic N) is 3. The maximum atomic E-state index is 4.39. The average molecular weight is 302 g/mol. The van der Waals surface area contributed by atoms with Crippen LogP contribution in [0.3, 0.4) is 0 Å². The first-order valence-electron chi connectivity index (χ1n) is 6.92. The summed E-state index contributed by atoms with van der Waals surface area (Å²) in [5.74, 6) is 0.797. The average Bonchev–Trinajstić information content (AvgIpc) is 3.18. The molecule has 0 aliphatic carbocycles. The molecule has 0 spiro atoms. The highest BCUT2D eigenvalue weighted by Gasteiger charge is 2.09. The smallest absolute Gasteiger partial charge is 0.180 e. The van der Waals surface area contributed by atoms with Crippen molar-refractivity contribution in [2.75, 3.05) is 12.4 Å². The maximum absolute atomic E-state index is 4.39. The number of hydrogen-bond acceptors (Lipinski definition) is 4. The largest absolute Gasteiger partial charge is 0.370 e. The molecule has 0 bridgehead atoms. The van der Waals surface area contributed by atoms with Crippen molar-refractivity contribution in [1.82, 2.24) is 14.4 Å². The highest BCUT2D eigenvalue weighted by Crippen LogP contribution is 2.26. The lowest BCUT2D eigenvalue weighted by Gasteiger charge is -2.02. The fourth-order valence-electron chi connectivity index (χ4n) is 1.70. The zero-order valence-corrected chi connectivity index (χ0v) is 13.8. The van der Waals surface area contributed by atoms with E-state index in [1.807, 2.05) is 50.7 Å². The summed E-state index contributed by atoms with van der Waals surface area (Å²) < 4.78 is 2.05. The molecule has 0 saturated carbocycles. The van der Waals surface area contributed by atoms with Crippen molar-refractivity contribution in [3.63, 3.8) is 0 Å². The van der Waals surface area contributed by atoms with E-state index in [1.165, 1.54) is 4.88 Å². The molecule has 112 valence electrons. The van der Waals surface area contributed by atoms with Crippen molar-refractivity contribution in [2.45, 2.75) is 20.8 Å². The molecule has 0 unspecified atom stereocenters. The minimum Gasteiger partial charge on any atom is -0.370 e. The monoisotopic (exact) mass is 302 g/mol. The Morgan fingerprint density at radius 1 is 1.33 bits per heavy atom. The Balaban J connectivity index is 0.000000395. The van der Waals surface area contributed by atoms with Crippen molar-refractivity contribution >= 4 is 22.8 Å². The van der Waals surface area contributed by atoms with Gasteiger partial charge in [-0.15, -0.1) is 17.9 Å². The lowest BCUT2D eigenvalue weighted by Crippen LogP contribution is -1.97. The number of imidazole rings is 1. The summed E-state index contributed by atoms with van der Waals surface area (Å²) in [5, 5.41) is 5.10. The molecule has 4 nitrogen and oxygen atoms in total. The van der Waals surface area contributed by atoms with Crippen LogP contribution in [0.2, 0.25) is 0 Å². The summed E-state index contributed by atoms with van der Waals surface area (Å²) in [6.07, 6.45) is 7.33. The van der Waals surface area contributed by atoms with Crippen LogP contribution in [0.25, 0.3) is 16.2 Å². The molecule has 3 rings (SSSR count). The Bertz CT molecular complexity index is 656. The third-order valence-electron chi connectivity index (χ3n) is 2.44. The molecule has 21 heavy (non-hydrogen) atoms. The topological polar surface area (TPSA) is 42.2 Å². The standard InChI is InChI=1S/C11H10N4S.C3H6.C2H6/c1-12-10-11-14-7-8(9-3-2-6-16-9)15(11)5-4-13-10;1-3-2;1-2/h2-7H,1H3,(H,12,13);3H,1H2,2H3;1-2H3. The molecule has 5 heteroatoms. The van der Waals surface area contributed by atoms with Crippen molar-refractivity contribution in [3.05, 3.63) is 48.8 Å². The highest BCUT2D eigenvalue weighted by atomic mass is 32.1. The van der Waals surface area contributed by atoms with Crippen LogP contribution < -0.4 is 5.32 Å². The Hall–Kier alpha value is -2.14. The molecule has 3 aromatic rings. The van der Waals surface area contributed by atoms with E-state index in [9.17, 15) is 0 Å². The van der Waals surface area contributed by atoms with Gasteiger partial charge in [0.25, 0.3) is 0 Å². The minimum atomic E-state index is 0.797. The molecule has 0 fully saturated rings. The van der Waals surface area contributed by atoms with Gasteiger partial charge >= 0.3 is 0 Å². The van der Waals surface area contributed by atoms with Gasteiger partial charge in [0, 0.05) is 19.4 Å². The lowest BCUT2D eigenvalue weighted by molar-refractivity contribution is 1.13. The van der Waals surface area contributed by atoms with Crippen LogP contribution >= 0.6 is 11.3 Å². The maximum Gasteiger partial charge on any atom is 0.180 e. The summed E-state index contributed by atoms with van der Waals surface area (Å²) >= 11 is 1.71. The van der Waals surface area contributed by atoms with Gasteiger partial charge in [-0.3, -0.25) is 4.40 Å². The zero-order valence-electron chi connectivity index (χ0n) is 13.0. The van der Waals surface area contributed by atoms with Crippen molar-refractivity contribution < 1.29 is 0 Å². The molecule has 1 N–H and O–H groups in total. The summed E-state index contributed by atoms with van der Waals surface area (Å²) in [7, 11) is 1.85. The van der Waals surface area contributed by atoms with Crippen LogP contribution in [0.1, 0.15) is 20.8 Å². The van der Waals surface area contributed by atoms with Gasteiger partial charge in [0.2, 0.25) is 0 Å². The zero-order chi connectivity index (χ0) is 15.7. The first-order valence-corrected chi connectivity index (χ1v) is 7.80. The molecule has 0 radical (unpaired) electrons. The van der Waals surface area contributed by atoms with Crippen LogP contribution in [0.5, 0.6) is 0 Å². The Labute approximate surface area is 130 Å². The number of rotatable bonds is 2. The molecule has 3 heterocycles. The summed E-state index contributed by atoms with van der Waals surface area (Å²) in [6.45, 7) is 9.25. The van der Waals surface area contributed by atoms with Gasteiger partial charge < -0.3 is 5.32 Å². The number of thiophene rings is 1. The quantitative estimate of drug-likeness (QED) is 0.697. The second kappa shape index (κ2) is 8.92. The summed E-state index contributed by atoms with van der Waals surface area (Å²) in [6, 6.07) is 4.13. The van der Waals surface area contributed by atoms with Crippen molar-refractivity contribution in [2.24, 2.45) is 0 Å². The second-order valence-electron chi connectivity index (χ2n) is 3.75. The normalized spacial score (nSPS) is 9.14. The highest BCUT2D eigenvalue weighted by molar-refractivity contribution is 7.13. The van der Waals surface area contributed by atoms with E-state index in [4.69, 9.17) is 0 Å². The predicted molar refractivity (Wildman–Crippen MR) is 93.1 cm³/mol. The van der Waals surface area contributed by atoms with Crippen LogP contribution in [0.15, 0.2) is 48.8 Å². The molecule has 0 aromatic carbocycles. The van der Waals surface area contributed by atoms with Crippen LogP contribution in [-0.2, 0) is 0 Å². The molecule has 0 aliphatic heterocycles. The van der Waals surface area contributed by atoms with Crippen LogP contribution in [-0.4, -0.2) is 21.4 Å². The summed E-state index contributed by atoms with van der Waals surface area (Å²) in [4.78, 5) is 9.83. The van der Waals surface area contributed by atoms with E-state index < -0.39 is 0 Å². The van der Waals surface area contributed by atoms with Gasteiger partial charge in [0.15, 0.2) is 11.5 Å². The van der Waals surface area contributed by atoms with Crippen molar-refractivity contribution in [1.29, 1.82) is 0 Å². The number of nitrogens with one attached hydrogen (secondary N) is 1. The number of allylic oxidation sites excluding steroid dienone is 1. The molecule has 0 atom stereocenters. The Kier molecular flexibility index (Phi) is 7.18. The van der Waals surface area contributed by atoms with Gasteiger partial charge in [-0.05, 0) is 18.4 Å². The molecule has 0 amide bonds. The van der Waals surface area contributed by atoms with E-state index in [1.54, 1.807) is 23.6 Å². The predicted octanol–water partition coefficient (Wildman–Crippen LogP) is 4.72. The number of aromatic nitrogens is 3. The molecule has 0 saturated heterocycles. The lowest BCUT2D eigenvalue weighted by atomic mass is 10.4. The van der Waals surface area contributed by atoms with E-state index in [0.717, 1.165) is 17.2 Å². The SMILES string of the molecule is C=CC.CC.CNc1nccn2c(-c3cccs3)cnc12. The van der Waals surface area contributed by atoms with E-state index in [2.05, 4.69) is 33.3 Å². The van der Waals surface area contributed by atoms with Crippen molar-refractivity contribution in [3.8, 4) is 10.6 Å². The first-order chi connectivity index (χ1) is 10.3. The number of fused-ring (bicyclic) bond motifs is 1. The third kappa shape index (κ3) is 3.92. The van der Waals surface area contributed by atoms with Gasteiger partial charge in [-0.1, -0.05) is 26.0 Å².